The molecule has 1 aliphatic rings. The van der Waals surface area contributed by atoms with E-state index in [0.717, 1.165) is 38.4 Å². The molecule has 1 aromatic heterocycles. The molecule has 0 unspecified atom stereocenters. The molecule has 0 amide bonds. The molecule has 3 aromatic rings. The first kappa shape index (κ1) is 22.0. The van der Waals surface area contributed by atoms with Crippen molar-refractivity contribution >= 4 is 5.96 Å². The molecule has 7 nitrogen and oxygen atoms in total. The number of rotatable bonds is 7. The largest absolute Gasteiger partial charge is 0.379 e. The molecule has 1 fully saturated rings. The van der Waals surface area contributed by atoms with Crippen LogP contribution in [0.1, 0.15) is 16.7 Å². The number of imidazole rings is 1. The predicted molar refractivity (Wildman–Crippen MR) is 123 cm³/mol. The van der Waals surface area contributed by atoms with Gasteiger partial charge in [0.15, 0.2) is 5.96 Å². The maximum absolute atomic E-state index is 14.5. The van der Waals surface area contributed by atoms with Crippen molar-refractivity contribution in [2.45, 2.75) is 19.6 Å². The van der Waals surface area contributed by atoms with E-state index in [0.29, 0.717) is 24.7 Å². The molecule has 0 atom stereocenters. The summed E-state index contributed by atoms with van der Waals surface area (Å²) >= 11 is 0. The zero-order chi connectivity index (χ0) is 22.2. The number of benzene rings is 2. The summed E-state index contributed by atoms with van der Waals surface area (Å²) in [5, 5.41) is 6.64. The molecule has 8 heteroatoms. The van der Waals surface area contributed by atoms with E-state index in [9.17, 15) is 4.39 Å². The molecular formula is C24H29FN6O. The van der Waals surface area contributed by atoms with E-state index in [-0.39, 0.29) is 5.82 Å². The fraction of sp³-hybridized carbons (Fsp3) is 0.333. The van der Waals surface area contributed by atoms with Gasteiger partial charge in [0.1, 0.15) is 5.82 Å². The topological polar surface area (TPSA) is 66.7 Å². The third-order valence-corrected chi connectivity index (χ3v) is 5.54. The highest BCUT2D eigenvalue weighted by molar-refractivity contribution is 5.79. The van der Waals surface area contributed by atoms with Crippen LogP contribution in [-0.2, 0) is 24.4 Å². The summed E-state index contributed by atoms with van der Waals surface area (Å²) in [5.74, 6) is 0.382. The van der Waals surface area contributed by atoms with E-state index in [1.54, 1.807) is 36.4 Å². The van der Waals surface area contributed by atoms with Gasteiger partial charge in [0.05, 0.1) is 25.2 Å². The van der Waals surface area contributed by atoms with Crippen LogP contribution in [0, 0.1) is 5.82 Å². The Morgan fingerprint density at radius 2 is 1.88 bits per heavy atom. The van der Waals surface area contributed by atoms with Crippen LogP contribution in [0.25, 0.3) is 5.69 Å². The van der Waals surface area contributed by atoms with Crippen LogP contribution in [0.5, 0.6) is 0 Å². The molecule has 0 bridgehead atoms. The van der Waals surface area contributed by atoms with Gasteiger partial charge in [-0.3, -0.25) is 9.89 Å². The van der Waals surface area contributed by atoms with E-state index >= 15 is 0 Å². The quantitative estimate of drug-likeness (QED) is 0.440. The molecule has 1 aliphatic heterocycles. The minimum Gasteiger partial charge on any atom is -0.379 e. The monoisotopic (exact) mass is 436 g/mol. The number of aromatic nitrogens is 2. The molecule has 0 saturated carbocycles. The summed E-state index contributed by atoms with van der Waals surface area (Å²) in [6, 6.07) is 13.6. The summed E-state index contributed by atoms with van der Waals surface area (Å²) in [6.07, 6.45) is 4.93. The highest BCUT2D eigenvalue weighted by atomic mass is 19.1. The second kappa shape index (κ2) is 10.9. The Labute approximate surface area is 187 Å². The lowest BCUT2D eigenvalue weighted by Gasteiger charge is -2.27. The second-order valence-electron chi connectivity index (χ2n) is 7.69. The fourth-order valence-corrected chi connectivity index (χ4v) is 3.74. The molecule has 0 spiro atoms. The SMILES string of the molecule is CN=C(NCc1ccc(-n2ccnc2)c(F)c1)NCc1ccccc1CN1CCOCC1. The molecule has 2 N–H and O–H groups in total. The number of halogens is 1. The Kier molecular flexibility index (Phi) is 7.47. The summed E-state index contributed by atoms with van der Waals surface area (Å²) < 4.78 is 21.6. The smallest absolute Gasteiger partial charge is 0.191 e. The average Bonchev–Trinajstić information content (AvgIpc) is 3.35. The van der Waals surface area contributed by atoms with Gasteiger partial charge >= 0.3 is 0 Å². The Morgan fingerprint density at radius 3 is 2.59 bits per heavy atom. The Bertz CT molecular complexity index is 1030. The molecule has 32 heavy (non-hydrogen) atoms. The lowest BCUT2D eigenvalue weighted by atomic mass is 10.1. The Balaban J connectivity index is 1.32. The minimum absolute atomic E-state index is 0.290. The number of nitrogens with one attached hydrogen (secondary N) is 2. The van der Waals surface area contributed by atoms with Crippen LogP contribution < -0.4 is 10.6 Å². The molecule has 1 saturated heterocycles. The van der Waals surface area contributed by atoms with Crippen LogP contribution >= 0.6 is 0 Å². The first-order chi connectivity index (χ1) is 15.7. The van der Waals surface area contributed by atoms with Gasteiger partial charge in [-0.1, -0.05) is 30.3 Å². The highest BCUT2D eigenvalue weighted by Gasteiger charge is 2.13. The van der Waals surface area contributed by atoms with Gasteiger partial charge in [-0.2, -0.15) is 0 Å². The third-order valence-electron chi connectivity index (χ3n) is 5.54. The number of nitrogens with zero attached hydrogens (tertiary/aromatic N) is 4. The number of hydrogen-bond donors (Lipinski definition) is 2. The van der Waals surface area contributed by atoms with Gasteiger partial charge in [-0.25, -0.2) is 9.37 Å². The first-order valence-corrected chi connectivity index (χ1v) is 10.8. The van der Waals surface area contributed by atoms with Gasteiger partial charge in [0, 0.05) is 52.2 Å². The van der Waals surface area contributed by atoms with Crippen molar-refractivity contribution in [2.24, 2.45) is 4.99 Å². The molecule has 4 rings (SSSR count). The second-order valence-corrected chi connectivity index (χ2v) is 7.69. The summed E-state index contributed by atoms with van der Waals surface area (Å²) in [4.78, 5) is 10.7. The molecule has 2 heterocycles. The first-order valence-electron chi connectivity index (χ1n) is 10.8. The van der Waals surface area contributed by atoms with Gasteiger partial charge in [-0.15, -0.1) is 0 Å². The minimum atomic E-state index is -0.290. The van der Waals surface area contributed by atoms with Gasteiger partial charge in [0.2, 0.25) is 0 Å². The number of hydrogen-bond acceptors (Lipinski definition) is 4. The van der Waals surface area contributed by atoms with Crippen molar-refractivity contribution in [1.82, 2.24) is 25.1 Å². The summed E-state index contributed by atoms with van der Waals surface area (Å²) in [7, 11) is 1.73. The van der Waals surface area contributed by atoms with Crippen molar-refractivity contribution in [2.75, 3.05) is 33.4 Å². The van der Waals surface area contributed by atoms with E-state index in [1.165, 1.54) is 17.2 Å². The zero-order valence-electron chi connectivity index (χ0n) is 18.3. The van der Waals surface area contributed by atoms with Crippen LogP contribution in [0.3, 0.4) is 0 Å². The lowest BCUT2D eigenvalue weighted by Crippen LogP contribution is -2.37. The van der Waals surface area contributed by atoms with Gasteiger partial charge in [0.25, 0.3) is 0 Å². The normalized spacial score (nSPS) is 15.0. The van der Waals surface area contributed by atoms with Crippen LogP contribution in [-0.4, -0.2) is 53.8 Å². The van der Waals surface area contributed by atoms with Crippen molar-refractivity contribution < 1.29 is 9.13 Å². The highest BCUT2D eigenvalue weighted by Crippen LogP contribution is 2.15. The van der Waals surface area contributed by atoms with Crippen molar-refractivity contribution in [1.29, 1.82) is 0 Å². The van der Waals surface area contributed by atoms with Crippen LogP contribution in [0.2, 0.25) is 0 Å². The molecule has 0 aliphatic carbocycles. The van der Waals surface area contributed by atoms with E-state index in [1.807, 2.05) is 6.07 Å². The van der Waals surface area contributed by atoms with Crippen molar-refractivity contribution in [3.05, 3.63) is 83.7 Å². The van der Waals surface area contributed by atoms with E-state index in [2.05, 4.69) is 49.8 Å². The van der Waals surface area contributed by atoms with Gasteiger partial charge in [-0.05, 0) is 28.8 Å². The van der Waals surface area contributed by atoms with Crippen molar-refractivity contribution in [3.63, 3.8) is 0 Å². The van der Waals surface area contributed by atoms with Crippen LogP contribution in [0.4, 0.5) is 4.39 Å². The van der Waals surface area contributed by atoms with Crippen LogP contribution in [0.15, 0.2) is 66.2 Å². The van der Waals surface area contributed by atoms with Gasteiger partial charge < -0.3 is 19.9 Å². The molecular weight excluding hydrogens is 407 g/mol. The number of morpholine rings is 1. The molecule has 168 valence electrons. The predicted octanol–water partition coefficient (Wildman–Crippen LogP) is 2.71. The average molecular weight is 437 g/mol. The number of ether oxygens (including phenoxy) is 1. The number of aliphatic imine (C=N–C) groups is 1. The van der Waals surface area contributed by atoms with Crippen molar-refractivity contribution in [3.8, 4) is 5.69 Å². The maximum atomic E-state index is 14.5. The Hall–Kier alpha value is -3.23. The zero-order valence-corrected chi connectivity index (χ0v) is 18.3. The van der Waals surface area contributed by atoms with E-state index < -0.39 is 0 Å². The van der Waals surface area contributed by atoms with E-state index in [4.69, 9.17) is 4.74 Å². The third kappa shape index (κ3) is 5.72. The Morgan fingerprint density at radius 1 is 1.09 bits per heavy atom. The maximum Gasteiger partial charge on any atom is 0.191 e. The molecule has 0 radical (unpaired) electrons. The fourth-order valence-electron chi connectivity index (χ4n) is 3.74. The standard InChI is InChI=1S/C24H29FN6O/c1-26-24(28-15-19-6-7-23(22(25)14-19)31-9-8-27-18-31)29-16-20-4-2-3-5-21(20)17-30-10-12-32-13-11-30/h2-9,14,18H,10-13,15-17H2,1H3,(H2,26,28,29). The number of guanidine groups is 1. The summed E-state index contributed by atoms with van der Waals surface area (Å²) in [6.45, 7) is 5.55. The lowest BCUT2D eigenvalue weighted by molar-refractivity contribution is 0.0341. The molecule has 2 aromatic carbocycles. The summed E-state index contributed by atoms with van der Waals surface area (Å²) in [5.41, 5.74) is 3.85.